The van der Waals surface area contributed by atoms with Crippen molar-refractivity contribution < 1.29 is 9.90 Å². The van der Waals surface area contributed by atoms with Gasteiger partial charge in [-0.3, -0.25) is 0 Å². The second-order valence-corrected chi connectivity index (χ2v) is 7.02. The number of aliphatic hydroxyl groups excluding tert-OH is 1. The number of urea groups is 1. The Balaban J connectivity index is 1.55. The molecule has 120 valence electrons. The summed E-state index contributed by atoms with van der Waals surface area (Å²) in [6.07, 6.45) is 4.19. The minimum Gasteiger partial charge on any atom is -0.396 e. The molecule has 0 spiro atoms. The molecule has 1 heterocycles. The highest BCUT2D eigenvalue weighted by molar-refractivity contribution is 6.30. The van der Waals surface area contributed by atoms with Crippen molar-refractivity contribution in [2.75, 3.05) is 26.2 Å². The van der Waals surface area contributed by atoms with E-state index in [1.165, 1.54) is 5.56 Å². The van der Waals surface area contributed by atoms with Crippen molar-refractivity contribution in [2.24, 2.45) is 5.92 Å². The van der Waals surface area contributed by atoms with E-state index in [1.54, 1.807) is 0 Å². The molecule has 0 radical (unpaired) electrons. The Morgan fingerprint density at radius 3 is 2.73 bits per heavy atom. The van der Waals surface area contributed by atoms with Gasteiger partial charge in [0.15, 0.2) is 0 Å². The fourth-order valence-electron chi connectivity index (χ4n) is 3.28. The third-order valence-electron chi connectivity index (χ3n) is 4.95. The predicted octanol–water partition coefficient (Wildman–Crippen LogP) is 2.79. The molecule has 1 saturated heterocycles. The van der Waals surface area contributed by atoms with Crippen LogP contribution in [0.4, 0.5) is 4.79 Å². The Bertz CT molecular complexity index is 528. The van der Waals surface area contributed by atoms with Gasteiger partial charge in [0, 0.05) is 36.7 Å². The fraction of sp³-hybridized carbons (Fsp3) is 0.588. The van der Waals surface area contributed by atoms with E-state index in [0.717, 1.165) is 37.3 Å². The van der Waals surface area contributed by atoms with Crippen molar-refractivity contribution in [3.8, 4) is 0 Å². The summed E-state index contributed by atoms with van der Waals surface area (Å²) < 4.78 is 0. The maximum Gasteiger partial charge on any atom is 0.317 e. The molecular weight excluding hydrogens is 300 g/mol. The lowest BCUT2D eigenvalue weighted by atomic mass is 9.96. The van der Waals surface area contributed by atoms with Crippen LogP contribution in [0.25, 0.3) is 0 Å². The molecule has 5 heteroatoms. The lowest BCUT2D eigenvalue weighted by molar-refractivity contribution is 0.129. The Kier molecular flexibility index (Phi) is 4.59. The van der Waals surface area contributed by atoms with Crippen LogP contribution in [0.1, 0.15) is 31.2 Å². The molecule has 1 aliphatic carbocycles. The van der Waals surface area contributed by atoms with E-state index in [1.807, 2.05) is 17.0 Å². The molecule has 4 nitrogen and oxygen atoms in total. The number of hydrogen-bond acceptors (Lipinski definition) is 2. The first-order chi connectivity index (χ1) is 10.6. The maximum atomic E-state index is 12.3. The number of nitrogens with one attached hydrogen (secondary N) is 1. The van der Waals surface area contributed by atoms with Gasteiger partial charge in [-0.1, -0.05) is 23.7 Å². The molecular formula is C17H23ClN2O2. The van der Waals surface area contributed by atoms with Crippen LogP contribution in [0, 0.1) is 5.92 Å². The van der Waals surface area contributed by atoms with E-state index in [4.69, 9.17) is 11.6 Å². The molecule has 3 rings (SSSR count). The van der Waals surface area contributed by atoms with Crippen molar-refractivity contribution in [3.63, 3.8) is 0 Å². The van der Waals surface area contributed by atoms with Crippen molar-refractivity contribution in [3.05, 3.63) is 34.9 Å². The zero-order valence-electron chi connectivity index (χ0n) is 12.7. The Hall–Kier alpha value is -1.26. The smallest absolute Gasteiger partial charge is 0.317 e. The minimum absolute atomic E-state index is 0.00149. The Morgan fingerprint density at radius 1 is 1.36 bits per heavy atom. The second-order valence-electron chi connectivity index (χ2n) is 6.58. The van der Waals surface area contributed by atoms with Crippen molar-refractivity contribution in [1.82, 2.24) is 10.2 Å². The summed E-state index contributed by atoms with van der Waals surface area (Å²) in [6, 6.07) is 7.94. The highest BCUT2D eigenvalue weighted by Crippen LogP contribution is 2.47. The molecule has 1 aliphatic heterocycles. The van der Waals surface area contributed by atoms with Gasteiger partial charge in [0.1, 0.15) is 0 Å². The highest BCUT2D eigenvalue weighted by atomic mass is 35.5. The van der Waals surface area contributed by atoms with Crippen LogP contribution in [0.15, 0.2) is 24.3 Å². The van der Waals surface area contributed by atoms with Crippen LogP contribution >= 0.6 is 11.6 Å². The molecule has 2 amide bonds. The summed E-state index contributed by atoms with van der Waals surface area (Å²) in [5.74, 6) is 0.227. The molecule has 0 aromatic heterocycles. The zero-order chi connectivity index (χ0) is 15.6. The molecule has 1 aromatic rings. The standard InChI is InChI=1S/C17H23ClN2O2/c18-15-5-3-14(4-6-15)17(7-8-17)12-19-16(22)20-9-1-2-13(10-20)11-21/h3-6,13,21H,1-2,7-12H2,(H,19,22)/t13-/m1/s1. The second kappa shape index (κ2) is 6.47. The van der Waals surface area contributed by atoms with E-state index in [-0.39, 0.29) is 24.0 Å². The maximum absolute atomic E-state index is 12.3. The summed E-state index contributed by atoms with van der Waals surface area (Å²) in [4.78, 5) is 14.2. The summed E-state index contributed by atoms with van der Waals surface area (Å²) in [7, 11) is 0. The van der Waals surface area contributed by atoms with Crippen molar-refractivity contribution in [1.29, 1.82) is 0 Å². The first kappa shape index (κ1) is 15.6. The molecule has 2 N–H and O–H groups in total. The average molecular weight is 323 g/mol. The molecule has 2 aliphatic rings. The molecule has 1 atom stereocenters. The van der Waals surface area contributed by atoms with Gasteiger partial charge in [-0.2, -0.15) is 0 Å². The van der Waals surface area contributed by atoms with Gasteiger partial charge in [-0.25, -0.2) is 4.79 Å². The molecule has 22 heavy (non-hydrogen) atoms. The molecule has 0 unspecified atom stereocenters. The van der Waals surface area contributed by atoms with Gasteiger partial charge in [-0.15, -0.1) is 0 Å². The van der Waals surface area contributed by atoms with E-state index in [9.17, 15) is 9.90 Å². The van der Waals surface area contributed by atoms with Crippen LogP contribution in [-0.2, 0) is 5.41 Å². The number of carbonyl (C=O) groups excluding carboxylic acids is 1. The monoisotopic (exact) mass is 322 g/mol. The third-order valence-corrected chi connectivity index (χ3v) is 5.20. The third kappa shape index (κ3) is 3.39. The largest absolute Gasteiger partial charge is 0.396 e. The summed E-state index contributed by atoms with van der Waals surface area (Å²) in [5.41, 5.74) is 1.34. The number of amides is 2. The van der Waals surface area contributed by atoms with E-state index >= 15 is 0 Å². The number of likely N-dealkylation sites (tertiary alicyclic amines) is 1. The van der Waals surface area contributed by atoms with Crippen molar-refractivity contribution >= 4 is 17.6 Å². The first-order valence-corrected chi connectivity index (χ1v) is 8.40. The van der Waals surface area contributed by atoms with E-state index < -0.39 is 0 Å². The van der Waals surface area contributed by atoms with Gasteiger partial charge in [0.25, 0.3) is 0 Å². The topological polar surface area (TPSA) is 52.6 Å². The summed E-state index contributed by atoms with van der Waals surface area (Å²) >= 11 is 5.94. The van der Waals surface area contributed by atoms with Crippen molar-refractivity contribution in [2.45, 2.75) is 31.1 Å². The number of nitrogens with zero attached hydrogens (tertiary/aromatic N) is 1. The van der Waals surface area contributed by atoms with Gasteiger partial charge < -0.3 is 15.3 Å². The average Bonchev–Trinajstić information content (AvgIpc) is 3.34. The minimum atomic E-state index is -0.00149. The molecule has 0 bridgehead atoms. The normalized spacial score (nSPS) is 23.2. The van der Waals surface area contributed by atoms with Gasteiger partial charge in [0.05, 0.1) is 0 Å². The molecule has 2 fully saturated rings. The highest BCUT2D eigenvalue weighted by Gasteiger charge is 2.44. The Morgan fingerprint density at radius 2 is 2.09 bits per heavy atom. The van der Waals surface area contributed by atoms with Crippen LogP contribution in [0.2, 0.25) is 5.02 Å². The Labute approximate surface area is 136 Å². The summed E-state index contributed by atoms with van der Waals surface area (Å²) in [6.45, 7) is 2.29. The van der Waals surface area contributed by atoms with Gasteiger partial charge >= 0.3 is 6.03 Å². The van der Waals surface area contributed by atoms with Gasteiger partial charge in [0.2, 0.25) is 0 Å². The number of halogens is 1. The number of benzene rings is 1. The molecule has 1 saturated carbocycles. The van der Waals surface area contributed by atoms with Crippen LogP contribution in [0.3, 0.4) is 0 Å². The number of piperidine rings is 1. The van der Waals surface area contributed by atoms with E-state index in [0.29, 0.717) is 13.1 Å². The number of rotatable bonds is 4. The quantitative estimate of drug-likeness (QED) is 0.895. The van der Waals surface area contributed by atoms with Crippen LogP contribution in [-0.4, -0.2) is 42.3 Å². The van der Waals surface area contributed by atoms with Crippen LogP contribution in [0.5, 0.6) is 0 Å². The number of carbonyl (C=O) groups is 1. The predicted molar refractivity (Wildman–Crippen MR) is 87.1 cm³/mol. The SMILES string of the molecule is O=C(NCC1(c2ccc(Cl)cc2)CC1)N1CCC[C@@H](CO)C1. The van der Waals surface area contributed by atoms with Gasteiger partial charge in [-0.05, 0) is 49.3 Å². The van der Waals surface area contributed by atoms with Crippen LogP contribution < -0.4 is 5.32 Å². The first-order valence-electron chi connectivity index (χ1n) is 8.03. The summed E-state index contributed by atoms with van der Waals surface area (Å²) in [5, 5.41) is 13.1. The molecule has 1 aromatic carbocycles. The number of aliphatic hydroxyl groups is 1. The lowest BCUT2D eigenvalue weighted by Crippen LogP contribution is -2.47. The van der Waals surface area contributed by atoms with E-state index in [2.05, 4.69) is 17.4 Å². The number of hydrogen-bond donors (Lipinski definition) is 2. The zero-order valence-corrected chi connectivity index (χ0v) is 13.5. The lowest BCUT2D eigenvalue weighted by Gasteiger charge is -2.32. The fourth-order valence-corrected chi connectivity index (χ4v) is 3.40.